The van der Waals surface area contributed by atoms with Gasteiger partial charge in [-0.3, -0.25) is 0 Å². The van der Waals surface area contributed by atoms with Crippen LogP contribution < -0.4 is 5.32 Å². The van der Waals surface area contributed by atoms with Crippen molar-refractivity contribution in [2.75, 3.05) is 27.2 Å². The second kappa shape index (κ2) is 1.95. The first-order chi connectivity index (χ1) is 4.76. The standard InChI is InChI=1S/C8H16N2/c1-10(2)8(3-4-8)7-5-9-6-7/h7,9H,3-6H2,1-2H3. The van der Waals surface area contributed by atoms with E-state index in [1.54, 1.807) is 0 Å². The SMILES string of the molecule is CN(C)C1(C2CNC2)CC1. The van der Waals surface area contributed by atoms with Crippen molar-refractivity contribution in [1.29, 1.82) is 0 Å². The highest BCUT2D eigenvalue weighted by Gasteiger charge is 2.52. The van der Waals surface area contributed by atoms with Crippen LogP contribution in [0.4, 0.5) is 0 Å². The van der Waals surface area contributed by atoms with Crippen molar-refractivity contribution in [3.63, 3.8) is 0 Å². The Morgan fingerprint density at radius 3 is 2.00 bits per heavy atom. The maximum Gasteiger partial charge on any atom is 0.0257 e. The number of hydrogen-bond donors (Lipinski definition) is 1. The molecule has 2 fully saturated rings. The summed E-state index contributed by atoms with van der Waals surface area (Å²) in [6.45, 7) is 2.50. The van der Waals surface area contributed by atoms with E-state index in [2.05, 4.69) is 24.3 Å². The molecule has 0 aromatic carbocycles. The van der Waals surface area contributed by atoms with E-state index in [0.29, 0.717) is 5.54 Å². The summed E-state index contributed by atoms with van der Waals surface area (Å²) in [5, 5.41) is 3.34. The number of hydrogen-bond acceptors (Lipinski definition) is 2. The molecular weight excluding hydrogens is 124 g/mol. The lowest BCUT2D eigenvalue weighted by Gasteiger charge is -2.39. The number of rotatable bonds is 2. The van der Waals surface area contributed by atoms with E-state index in [0.717, 1.165) is 5.92 Å². The largest absolute Gasteiger partial charge is 0.316 e. The lowest BCUT2D eigenvalue weighted by molar-refractivity contribution is 0.138. The zero-order valence-corrected chi connectivity index (χ0v) is 6.85. The van der Waals surface area contributed by atoms with E-state index in [-0.39, 0.29) is 0 Å². The molecule has 2 nitrogen and oxygen atoms in total. The molecule has 10 heavy (non-hydrogen) atoms. The summed E-state index contributed by atoms with van der Waals surface area (Å²) in [7, 11) is 4.43. The van der Waals surface area contributed by atoms with Gasteiger partial charge in [-0.05, 0) is 26.9 Å². The Bertz CT molecular complexity index is 134. The summed E-state index contributed by atoms with van der Waals surface area (Å²) in [6.07, 6.45) is 2.85. The highest BCUT2D eigenvalue weighted by Crippen LogP contribution is 2.47. The zero-order valence-electron chi connectivity index (χ0n) is 6.85. The Kier molecular flexibility index (Phi) is 1.29. The average molecular weight is 140 g/mol. The molecule has 2 aliphatic rings. The van der Waals surface area contributed by atoms with Crippen molar-refractivity contribution in [1.82, 2.24) is 10.2 Å². The van der Waals surface area contributed by atoms with Gasteiger partial charge in [-0.2, -0.15) is 0 Å². The molecule has 0 atom stereocenters. The summed E-state index contributed by atoms with van der Waals surface area (Å²) in [5.41, 5.74) is 0.616. The summed E-state index contributed by atoms with van der Waals surface area (Å²) >= 11 is 0. The fourth-order valence-electron chi connectivity index (χ4n) is 2.02. The number of nitrogens with one attached hydrogen (secondary N) is 1. The molecule has 1 N–H and O–H groups in total. The predicted octanol–water partition coefficient (Wildman–Crippen LogP) is 0.300. The molecule has 1 saturated carbocycles. The molecule has 1 heterocycles. The van der Waals surface area contributed by atoms with Gasteiger partial charge in [0.2, 0.25) is 0 Å². The lowest BCUT2D eigenvalue weighted by Crippen LogP contribution is -2.54. The molecule has 0 bridgehead atoms. The van der Waals surface area contributed by atoms with Gasteiger partial charge in [0.15, 0.2) is 0 Å². The van der Waals surface area contributed by atoms with E-state index < -0.39 is 0 Å². The minimum atomic E-state index is 0.616. The van der Waals surface area contributed by atoms with Crippen LogP contribution in [0.3, 0.4) is 0 Å². The maximum absolute atomic E-state index is 3.34. The van der Waals surface area contributed by atoms with Crippen LogP contribution in [-0.2, 0) is 0 Å². The van der Waals surface area contributed by atoms with E-state index in [9.17, 15) is 0 Å². The van der Waals surface area contributed by atoms with Gasteiger partial charge in [0.1, 0.15) is 0 Å². The van der Waals surface area contributed by atoms with Crippen LogP contribution >= 0.6 is 0 Å². The predicted molar refractivity (Wildman–Crippen MR) is 42.0 cm³/mol. The van der Waals surface area contributed by atoms with Gasteiger partial charge in [0.25, 0.3) is 0 Å². The summed E-state index contributed by atoms with van der Waals surface area (Å²) in [6, 6.07) is 0. The normalized spacial score (nSPS) is 30.3. The first-order valence-corrected chi connectivity index (χ1v) is 4.14. The topological polar surface area (TPSA) is 15.3 Å². The van der Waals surface area contributed by atoms with Gasteiger partial charge in [0.05, 0.1) is 0 Å². The summed E-state index contributed by atoms with van der Waals surface area (Å²) < 4.78 is 0. The molecule has 2 heteroatoms. The molecular formula is C8H16N2. The van der Waals surface area contributed by atoms with Crippen molar-refractivity contribution >= 4 is 0 Å². The van der Waals surface area contributed by atoms with Gasteiger partial charge in [-0.1, -0.05) is 0 Å². The average Bonchev–Trinajstić information content (AvgIpc) is 2.41. The second-order valence-corrected chi connectivity index (χ2v) is 3.85. The smallest absolute Gasteiger partial charge is 0.0257 e. The lowest BCUT2D eigenvalue weighted by atomic mass is 9.91. The Labute approximate surface area is 62.6 Å². The first-order valence-electron chi connectivity index (χ1n) is 4.14. The minimum absolute atomic E-state index is 0.616. The second-order valence-electron chi connectivity index (χ2n) is 3.85. The molecule has 0 amide bonds. The van der Waals surface area contributed by atoms with Crippen molar-refractivity contribution in [2.24, 2.45) is 5.92 Å². The molecule has 0 spiro atoms. The van der Waals surface area contributed by atoms with Gasteiger partial charge < -0.3 is 10.2 Å². The van der Waals surface area contributed by atoms with Crippen molar-refractivity contribution in [2.45, 2.75) is 18.4 Å². The fourth-order valence-corrected chi connectivity index (χ4v) is 2.02. The molecule has 0 aromatic heterocycles. The monoisotopic (exact) mass is 140 g/mol. The third-order valence-electron chi connectivity index (χ3n) is 3.19. The fraction of sp³-hybridized carbons (Fsp3) is 1.00. The maximum atomic E-state index is 3.34. The van der Waals surface area contributed by atoms with Crippen LogP contribution in [0.5, 0.6) is 0 Å². The van der Waals surface area contributed by atoms with Crippen LogP contribution in [0.1, 0.15) is 12.8 Å². The molecule has 1 aliphatic heterocycles. The molecule has 58 valence electrons. The third kappa shape index (κ3) is 0.722. The summed E-state index contributed by atoms with van der Waals surface area (Å²) in [4.78, 5) is 2.42. The van der Waals surface area contributed by atoms with Crippen molar-refractivity contribution in [3.05, 3.63) is 0 Å². The van der Waals surface area contributed by atoms with E-state index in [1.807, 2.05) is 0 Å². The molecule has 1 saturated heterocycles. The summed E-state index contributed by atoms with van der Waals surface area (Å²) in [5.74, 6) is 0.947. The quantitative estimate of drug-likeness (QED) is 0.593. The van der Waals surface area contributed by atoms with Crippen molar-refractivity contribution < 1.29 is 0 Å². The zero-order chi connectivity index (χ0) is 7.19. The molecule has 1 aliphatic carbocycles. The van der Waals surface area contributed by atoms with Crippen LogP contribution in [0.2, 0.25) is 0 Å². The molecule has 0 aromatic rings. The van der Waals surface area contributed by atoms with Crippen molar-refractivity contribution in [3.8, 4) is 0 Å². The number of nitrogens with zero attached hydrogens (tertiary/aromatic N) is 1. The van der Waals surface area contributed by atoms with E-state index >= 15 is 0 Å². The minimum Gasteiger partial charge on any atom is -0.316 e. The van der Waals surface area contributed by atoms with Gasteiger partial charge in [-0.15, -0.1) is 0 Å². The first kappa shape index (κ1) is 6.62. The Balaban J connectivity index is 2.00. The molecule has 0 radical (unpaired) electrons. The molecule has 0 unspecified atom stereocenters. The van der Waals surface area contributed by atoms with Crippen LogP contribution in [0.25, 0.3) is 0 Å². The Morgan fingerprint density at radius 1 is 1.30 bits per heavy atom. The van der Waals surface area contributed by atoms with E-state index in [4.69, 9.17) is 0 Å². The Hall–Kier alpha value is -0.0800. The van der Waals surface area contributed by atoms with Gasteiger partial charge >= 0.3 is 0 Å². The van der Waals surface area contributed by atoms with Gasteiger partial charge in [0, 0.05) is 24.5 Å². The van der Waals surface area contributed by atoms with Crippen LogP contribution in [0.15, 0.2) is 0 Å². The molecule has 2 rings (SSSR count). The van der Waals surface area contributed by atoms with Crippen LogP contribution in [-0.4, -0.2) is 37.6 Å². The van der Waals surface area contributed by atoms with Gasteiger partial charge in [-0.25, -0.2) is 0 Å². The van der Waals surface area contributed by atoms with E-state index in [1.165, 1.54) is 25.9 Å². The highest BCUT2D eigenvalue weighted by atomic mass is 15.2. The highest BCUT2D eigenvalue weighted by molar-refractivity contribution is 5.10. The Morgan fingerprint density at radius 2 is 1.90 bits per heavy atom. The third-order valence-corrected chi connectivity index (χ3v) is 3.19. The van der Waals surface area contributed by atoms with Crippen LogP contribution in [0, 0.1) is 5.92 Å².